The molecule has 2 heterocycles. The van der Waals surface area contributed by atoms with Crippen molar-refractivity contribution >= 4 is 23.2 Å². The van der Waals surface area contributed by atoms with Gasteiger partial charge in [0, 0.05) is 34.9 Å². The zero-order chi connectivity index (χ0) is 18.6. The van der Waals surface area contributed by atoms with Crippen LogP contribution in [0.15, 0.2) is 53.1 Å². The van der Waals surface area contributed by atoms with Gasteiger partial charge in [0.2, 0.25) is 11.7 Å². The zero-order valence-corrected chi connectivity index (χ0v) is 15.4. The number of hydrogen-bond acceptors (Lipinski definition) is 5. The Hall–Kier alpha value is -2.86. The zero-order valence-electron chi connectivity index (χ0n) is 14.7. The summed E-state index contributed by atoms with van der Waals surface area (Å²) in [6, 6.07) is 14.7. The molecule has 6 nitrogen and oxygen atoms in total. The van der Waals surface area contributed by atoms with Crippen LogP contribution in [0, 0.1) is 0 Å². The van der Waals surface area contributed by atoms with Gasteiger partial charge in [-0.15, -0.1) is 0 Å². The van der Waals surface area contributed by atoms with Crippen LogP contribution in [0.5, 0.6) is 0 Å². The van der Waals surface area contributed by atoms with Crippen molar-refractivity contribution in [3.63, 3.8) is 0 Å². The lowest BCUT2D eigenvalue weighted by Crippen LogP contribution is -2.27. The van der Waals surface area contributed by atoms with Gasteiger partial charge < -0.3 is 14.7 Å². The number of rotatable bonds is 5. The highest BCUT2D eigenvalue weighted by atomic mass is 35.5. The van der Waals surface area contributed by atoms with Crippen molar-refractivity contribution in [1.29, 1.82) is 0 Å². The van der Waals surface area contributed by atoms with Crippen molar-refractivity contribution in [3.8, 4) is 11.4 Å². The molecule has 7 heteroatoms. The van der Waals surface area contributed by atoms with Crippen molar-refractivity contribution in [2.45, 2.75) is 19.4 Å². The highest BCUT2D eigenvalue weighted by Crippen LogP contribution is 2.19. The Kier molecular flexibility index (Phi) is 5.07. The first-order valence-electron chi connectivity index (χ1n) is 8.91. The molecule has 0 spiro atoms. The maximum atomic E-state index is 12.4. The molecule has 0 aliphatic carbocycles. The molecule has 0 radical (unpaired) electrons. The minimum Gasteiger partial charge on any atom is -0.376 e. The summed E-state index contributed by atoms with van der Waals surface area (Å²) in [5, 5.41) is 7.88. The normalized spacial score (nSPS) is 13.7. The van der Waals surface area contributed by atoms with Crippen molar-refractivity contribution < 1.29 is 9.32 Å². The SMILES string of the molecule is O=C(c1ccc(NCc2nc(-c3ccc(Cl)cc3)no2)cc1)N1CCCC1. The first-order valence-corrected chi connectivity index (χ1v) is 9.28. The largest absolute Gasteiger partial charge is 0.376 e. The second kappa shape index (κ2) is 7.80. The number of aromatic nitrogens is 2. The molecular formula is C20H19ClN4O2. The number of carbonyl (C=O) groups is 1. The van der Waals surface area contributed by atoms with Gasteiger partial charge in [0.1, 0.15) is 0 Å². The molecule has 1 N–H and O–H groups in total. The predicted molar refractivity (Wildman–Crippen MR) is 104 cm³/mol. The van der Waals surface area contributed by atoms with E-state index in [1.807, 2.05) is 41.3 Å². The third-order valence-corrected chi connectivity index (χ3v) is 4.79. The van der Waals surface area contributed by atoms with Crippen LogP contribution >= 0.6 is 11.6 Å². The standard InChI is InChI=1S/C20H19ClN4O2/c21-16-7-3-14(4-8-16)19-23-18(27-24-19)13-22-17-9-5-15(6-10-17)20(26)25-11-1-2-12-25/h3-10,22H,1-2,11-13H2. The van der Waals surface area contributed by atoms with Crippen LogP contribution in [-0.2, 0) is 6.54 Å². The Morgan fingerprint density at radius 3 is 2.48 bits per heavy atom. The van der Waals surface area contributed by atoms with E-state index in [0.717, 1.165) is 37.2 Å². The van der Waals surface area contributed by atoms with Crippen LogP contribution < -0.4 is 5.32 Å². The lowest BCUT2D eigenvalue weighted by Gasteiger charge is -2.15. The van der Waals surface area contributed by atoms with Crippen LogP contribution in [0.1, 0.15) is 29.1 Å². The summed E-state index contributed by atoms with van der Waals surface area (Å²) in [5.74, 6) is 1.11. The molecule has 1 saturated heterocycles. The molecule has 2 aromatic carbocycles. The van der Waals surface area contributed by atoms with Gasteiger partial charge >= 0.3 is 0 Å². The summed E-state index contributed by atoms with van der Waals surface area (Å²) >= 11 is 5.89. The van der Waals surface area contributed by atoms with Crippen molar-refractivity contribution in [1.82, 2.24) is 15.0 Å². The number of likely N-dealkylation sites (tertiary alicyclic amines) is 1. The fourth-order valence-corrected chi connectivity index (χ4v) is 3.18. The van der Waals surface area contributed by atoms with E-state index in [4.69, 9.17) is 16.1 Å². The second-order valence-electron chi connectivity index (χ2n) is 6.45. The molecule has 4 rings (SSSR count). The van der Waals surface area contributed by atoms with E-state index < -0.39 is 0 Å². The van der Waals surface area contributed by atoms with Crippen LogP contribution in [-0.4, -0.2) is 34.0 Å². The second-order valence-corrected chi connectivity index (χ2v) is 6.89. The molecule has 0 unspecified atom stereocenters. The van der Waals surface area contributed by atoms with Crippen LogP contribution in [0.2, 0.25) is 5.02 Å². The maximum absolute atomic E-state index is 12.4. The van der Waals surface area contributed by atoms with Gasteiger partial charge in [0.15, 0.2) is 0 Å². The number of nitrogens with zero attached hydrogens (tertiary/aromatic N) is 3. The molecular weight excluding hydrogens is 364 g/mol. The smallest absolute Gasteiger partial charge is 0.253 e. The number of hydrogen-bond donors (Lipinski definition) is 1. The molecule has 27 heavy (non-hydrogen) atoms. The van der Waals surface area contributed by atoms with E-state index in [-0.39, 0.29) is 5.91 Å². The van der Waals surface area contributed by atoms with Gasteiger partial charge in [-0.1, -0.05) is 16.8 Å². The lowest BCUT2D eigenvalue weighted by atomic mass is 10.2. The third-order valence-electron chi connectivity index (χ3n) is 4.54. The maximum Gasteiger partial charge on any atom is 0.253 e. The van der Waals surface area contributed by atoms with Gasteiger partial charge in [0.05, 0.1) is 6.54 Å². The minimum atomic E-state index is 0.101. The van der Waals surface area contributed by atoms with E-state index in [2.05, 4.69) is 15.5 Å². The van der Waals surface area contributed by atoms with E-state index in [1.165, 1.54) is 0 Å². The molecule has 1 aromatic heterocycles. The quantitative estimate of drug-likeness (QED) is 0.714. The molecule has 0 bridgehead atoms. The minimum absolute atomic E-state index is 0.101. The molecule has 0 atom stereocenters. The molecule has 1 fully saturated rings. The van der Waals surface area contributed by atoms with Gasteiger partial charge in [0.25, 0.3) is 5.91 Å². The van der Waals surface area contributed by atoms with Crippen molar-refractivity contribution in [3.05, 3.63) is 65.0 Å². The number of anilines is 1. The number of nitrogens with one attached hydrogen (secondary N) is 1. The van der Waals surface area contributed by atoms with Gasteiger partial charge in [-0.2, -0.15) is 4.98 Å². The molecule has 1 aliphatic rings. The van der Waals surface area contributed by atoms with Crippen LogP contribution in [0.4, 0.5) is 5.69 Å². The summed E-state index contributed by atoms with van der Waals surface area (Å²) in [5.41, 5.74) is 2.45. The Balaban J connectivity index is 1.36. The Morgan fingerprint density at radius 2 is 1.78 bits per heavy atom. The fraction of sp³-hybridized carbons (Fsp3) is 0.250. The molecule has 0 saturated carbocycles. The number of carbonyl (C=O) groups excluding carboxylic acids is 1. The molecule has 1 aliphatic heterocycles. The van der Waals surface area contributed by atoms with E-state index >= 15 is 0 Å². The lowest BCUT2D eigenvalue weighted by molar-refractivity contribution is 0.0793. The number of halogens is 1. The monoisotopic (exact) mass is 382 g/mol. The van der Waals surface area contributed by atoms with Gasteiger partial charge in [-0.3, -0.25) is 4.79 Å². The number of benzene rings is 2. The summed E-state index contributed by atoms with van der Waals surface area (Å²) in [4.78, 5) is 18.6. The first kappa shape index (κ1) is 17.5. The molecule has 3 aromatic rings. The molecule has 138 valence electrons. The summed E-state index contributed by atoms with van der Waals surface area (Å²) < 4.78 is 5.28. The fourth-order valence-electron chi connectivity index (χ4n) is 3.05. The van der Waals surface area contributed by atoms with E-state index in [1.54, 1.807) is 12.1 Å². The van der Waals surface area contributed by atoms with Crippen molar-refractivity contribution in [2.75, 3.05) is 18.4 Å². The van der Waals surface area contributed by atoms with Gasteiger partial charge in [-0.25, -0.2) is 0 Å². The van der Waals surface area contributed by atoms with Crippen LogP contribution in [0.3, 0.4) is 0 Å². The Bertz CT molecular complexity index is 916. The molecule has 1 amide bonds. The summed E-state index contributed by atoms with van der Waals surface area (Å²) in [7, 11) is 0. The van der Waals surface area contributed by atoms with E-state index in [9.17, 15) is 4.79 Å². The Labute approximate surface area is 162 Å². The summed E-state index contributed by atoms with van der Waals surface area (Å²) in [6.45, 7) is 2.11. The van der Waals surface area contributed by atoms with Crippen molar-refractivity contribution in [2.24, 2.45) is 0 Å². The third kappa shape index (κ3) is 4.11. The van der Waals surface area contributed by atoms with Gasteiger partial charge in [-0.05, 0) is 61.4 Å². The number of amides is 1. The first-order chi connectivity index (χ1) is 13.2. The Morgan fingerprint density at radius 1 is 1.07 bits per heavy atom. The topological polar surface area (TPSA) is 71.3 Å². The van der Waals surface area contributed by atoms with Crippen LogP contribution in [0.25, 0.3) is 11.4 Å². The van der Waals surface area contributed by atoms with E-state index in [0.29, 0.717) is 28.8 Å². The average molecular weight is 383 g/mol. The predicted octanol–water partition coefficient (Wildman–Crippen LogP) is 4.24. The highest BCUT2D eigenvalue weighted by molar-refractivity contribution is 6.30. The highest BCUT2D eigenvalue weighted by Gasteiger charge is 2.19. The summed E-state index contributed by atoms with van der Waals surface area (Å²) in [6.07, 6.45) is 2.18. The average Bonchev–Trinajstić information content (AvgIpc) is 3.39.